The predicted octanol–water partition coefficient (Wildman–Crippen LogP) is 5.49. The molecule has 1 atom stereocenters. The molecule has 4 rings (SSSR count). The summed E-state index contributed by atoms with van der Waals surface area (Å²) in [6.45, 7) is 0.672. The molecular formula is C19H18ClNOS. The van der Waals surface area contributed by atoms with Crippen molar-refractivity contribution in [3.05, 3.63) is 59.1 Å². The number of hydrogen-bond donors (Lipinski definition) is 0. The summed E-state index contributed by atoms with van der Waals surface area (Å²) in [5.74, 6) is 2.32. The van der Waals surface area contributed by atoms with Gasteiger partial charge in [0, 0.05) is 29.6 Å². The lowest BCUT2D eigenvalue weighted by atomic mass is 9.96. The summed E-state index contributed by atoms with van der Waals surface area (Å²) in [4.78, 5) is 0. The molecule has 1 unspecified atom stereocenters. The normalized spacial score (nSPS) is 17.2. The molecule has 0 radical (unpaired) electrons. The molecule has 0 saturated carbocycles. The zero-order valence-electron chi connectivity index (χ0n) is 13.0. The Labute approximate surface area is 145 Å². The molecule has 1 aliphatic rings. The monoisotopic (exact) mass is 343 g/mol. The number of halogens is 1. The summed E-state index contributed by atoms with van der Waals surface area (Å²) in [5.41, 5.74) is 2.74. The van der Waals surface area contributed by atoms with Crippen LogP contribution in [0.2, 0.25) is 5.02 Å². The van der Waals surface area contributed by atoms with E-state index in [0.717, 1.165) is 17.9 Å². The Morgan fingerprint density at radius 2 is 1.96 bits per heavy atom. The summed E-state index contributed by atoms with van der Waals surface area (Å²) < 4.78 is 8.36. The molecule has 2 aromatic carbocycles. The Balaban J connectivity index is 1.68. The van der Waals surface area contributed by atoms with E-state index in [1.807, 2.05) is 36.0 Å². The first-order valence-corrected chi connectivity index (χ1v) is 9.19. The molecule has 0 amide bonds. The molecule has 118 valence electrons. The Hall–Kier alpha value is -1.58. The van der Waals surface area contributed by atoms with Gasteiger partial charge in [-0.05, 0) is 30.2 Å². The summed E-state index contributed by atoms with van der Waals surface area (Å²) in [7, 11) is 2.16. The number of para-hydroxylation sites is 2. The highest BCUT2D eigenvalue weighted by molar-refractivity contribution is 7.99. The van der Waals surface area contributed by atoms with E-state index >= 15 is 0 Å². The van der Waals surface area contributed by atoms with Crippen LogP contribution in [0.15, 0.2) is 53.6 Å². The average Bonchev–Trinajstić information content (AvgIpc) is 2.88. The van der Waals surface area contributed by atoms with Crippen LogP contribution in [0.4, 0.5) is 0 Å². The number of thioether (sulfide) groups is 1. The smallest absolute Gasteiger partial charge is 0.137 e. The molecule has 4 heteroatoms. The minimum absolute atomic E-state index is 0.411. The second-order valence-corrected chi connectivity index (χ2v) is 7.36. The summed E-state index contributed by atoms with van der Waals surface area (Å²) in [6, 6.07) is 16.3. The van der Waals surface area contributed by atoms with Crippen molar-refractivity contribution in [2.24, 2.45) is 7.05 Å². The molecule has 2 heterocycles. The number of fused-ring (bicyclic) bond motifs is 3. The topological polar surface area (TPSA) is 14.2 Å². The van der Waals surface area contributed by atoms with E-state index in [1.54, 1.807) is 0 Å². The Kier molecular flexibility index (Phi) is 4.00. The first-order valence-electron chi connectivity index (χ1n) is 7.83. The zero-order chi connectivity index (χ0) is 15.8. The van der Waals surface area contributed by atoms with Crippen molar-refractivity contribution in [2.75, 3.05) is 12.4 Å². The van der Waals surface area contributed by atoms with Gasteiger partial charge in [-0.3, -0.25) is 0 Å². The van der Waals surface area contributed by atoms with E-state index in [9.17, 15) is 0 Å². The highest BCUT2D eigenvalue weighted by Gasteiger charge is 2.27. The van der Waals surface area contributed by atoms with Crippen LogP contribution in [0.1, 0.15) is 17.9 Å². The van der Waals surface area contributed by atoms with Gasteiger partial charge >= 0.3 is 0 Å². The maximum absolute atomic E-state index is 6.21. The van der Waals surface area contributed by atoms with Crippen molar-refractivity contribution in [3.63, 3.8) is 0 Å². The lowest BCUT2D eigenvalue weighted by Gasteiger charge is -2.24. The second kappa shape index (κ2) is 6.14. The fourth-order valence-electron chi connectivity index (χ4n) is 3.33. The van der Waals surface area contributed by atoms with Crippen molar-refractivity contribution in [2.45, 2.75) is 17.4 Å². The van der Waals surface area contributed by atoms with Gasteiger partial charge in [-0.2, -0.15) is 0 Å². The van der Waals surface area contributed by atoms with Gasteiger partial charge in [0.25, 0.3) is 0 Å². The Morgan fingerprint density at radius 1 is 1.17 bits per heavy atom. The standard InChI is InChI=1S/C19H18ClNOS/c1-21-16-8-4-2-6-14(16)18-13(10-11-23-19(18)21)12-22-17-9-5-3-7-15(17)20/h2-9,13H,10-12H2,1H3. The third-order valence-corrected chi connectivity index (χ3v) is 6.00. The summed E-state index contributed by atoms with van der Waals surface area (Å²) in [6.07, 6.45) is 1.14. The van der Waals surface area contributed by atoms with Crippen LogP contribution in [-0.2, 0) is 7.05 Å². The van der Waals surface area contributed by atoms with Crippen LogP contribution in [0.3, 0.4) is 0 Å². The third kappa shape index (κ3) is 2.62. The second-order valence-electron chi connectivity index (χ2n) is 5.87. The number of rotatable bonds is 3. The van der Waals surface area contributed by atoms with E-state index < -0.39 is 0 Å². The van der Waals surface area contributed by atoms with Gasteiger partial charge < -0.3 is 9.30 Å². The van der Waals surface area contributed by atoms with Crippen LogP contribution >= 0.6 is 23.4 Å². The van der Waals surface area contributed by atoms with Gasteiger partial charge in [0.1, 0.15) is 5.75 Å². The van der Waals surface area contributed by atoms with Crippen LogP contribution in [0, 0.1) is 0 Å². The zero-order valence-corrected chi connectivity index (χ0v) is 14.5. The van der Waals surface area contributed by atoms with E-state index in [-0.39, 0.29) is 0 Å². The number of aryl methyl sites for hydroxylation is 1. The van der Waals surface area contributed by atoms with Crippen molar-refractivity contribution in [1.82, 2.24) is 4.57 Å². The summed E-state index contributed by atoms with van der Waals surface area (Å²) in [5, 5.41) is 3.41. The van der Waals surface area contributed by atoms with E-state index in [1.165, 1.54) is 21.5 Å². The van der Waals surface area contributed by atoms with Crippen LogP contribution in [0.25, 0.3) is 10.9 Å². The molecule has 0 fully saturated rings. The SMILES string of the molecule is Cn1c2c(c3ccccc31)C(COc1ccccc1Cl)CCS2. The van der Waals surface area contributed by atoms with E-state index in [2.05, 4.69) is 35.9 Å². The quantitative estimate of drug-likeness (QED) is 0.624. The lowest BCUT2D eigenvalue weighted by molar-refractivity contribution is 0.283. The molecule has 2 nitrogen and oxygen atoms in total. The van der Waals surface area contributed by atoms with Crippen molar-refractivity contribution >= 4 is 34.3 Å². The molecule has 1 aromatic heterocycles. The van der Waals surface area contributed by atoms with Gasteiger partial charge in [-0.15, -0.1) is 11.8 Å². The molecule has 0 aliphatic carbocycles. The Bertz CT molecular complexity index is 858. The van der Waals surface area contributed by atoms with Gasteiger partial charge in [-0.25, -0.2) is 0 Å². The molecule has 0 bridgehead atoms. The largest absolute Gasteiger partial charge is 0.491 e. The molecule has 0 saturated heterocycles. The van der Waals surface area contributed by atoms with Crippen LogP contribution < -0.4 is 4.74 Å². The summed E-state index contributed by atoms with van der Waals surface area (Å²) >= 11 is 8.16. The number of hydrogen-bond acceptors (Lipinski definition) is 2. The van der Waals surface area contributed by atoms with Crippen LogP contribution in [-0.4, -0.2) is 16.9 Å². The molecule has 0 N–H and O–H groups in total. The number of aromatic nitrogens is 1. The van der Waals surface area contributed by atoms with Crippen molar-refractivity contribution in [3.8, 4) is 5.75 Å². The van der Waals surface area contributed by atoms with E-state index in [4.69, 9.17) is 16.3 Å². The van der Waals surface area contributed by atoms with E-state index in [0.29, 0.717) is 17.5 Å². The van der Waals surface area contributed by atoms with Crippen molar-refractivity contribution in [1.29, 1.82) is 0 Å². The third-order valence-electron chi connectivity index (χ3n) is 4.48. The average molecular weight is 344 g/mol. The first kappa shape index (κ1) is 15.0. The van der Waals surface area contributed by atoms with Crippen LogP contribution in [0.5, 0.6) is 5.75 Å². The molecular weight excluding hydrogens is 326 g/mol. The maximum Gasteiger partial charge on any atom is 0.137 e. The predicted molar refractivity (Wildman–Crippen MR) is 97.9 cm³/mol. The molecule has 3 aromatic rings. The highest BCUT2D eigenvalue weighted by Crippen LogP contribution is 2.43. The molecule has 23 heavy (non-hydrogen) atoms. The van der Waals surface area contributed by atoms with Gasteiger partial charge in [0.2, 0.25) is 0 Å². The Morgan fingerprint density at radius 3 is 2.83 bits per heavy atom. The van der Waals surface area contributed by atoms with Gasteiger partial charge in [0.15, 0.2) is 0 Å². The fourth-order valence-corrected chi connectivity index (χ4v) is 4.84. The number of benzene rings is 2. The molecule has 0 spiro atoms. The van der Waals surface area contributed by atoms with Crippen molar-refractivity contribution < 1.29 is 4.74 Å². The number of nitrogens with zero attached hydrogens (tertiary/aromatic N) is 1. The highest BCUT2D eigenvalue weighted by atomic mass is 35.5. The van der Waals surface area contributed by atoms with Gasteiger partial charge in [0.05, 0.1) is 16.7 Å². The fraction of sp³-hybridized carbons (Fsp3) is 0.263. The minimum atomic E-state index is 0.411. The lowest BCUT2D eigenvalue weighted by Crippen LogP contribution is -2.15. The number of ether oxygens (including phenoxy) is 1. The minimum Gasteiger partial charge on any atom is -0.491 e. The molecule has 1 aliphatic heterocycles. The maximum atomic E-state index is 6.21. The van der Waals surface area contributed by atoms with Gasteiger partial charge in [-0.1, -0.05) is 41.9 Å². The first-order chi connectivity index (χ1) is 11.3.